The number of carbonyl (C=O) groups excluding carboxylic acids is 1. The predicted molar refractivity (Wildman–Crippen MR) is 57.2 cm³/mol. The number of methoxy groups -OCH3 is 1. The fourth-order valence-corrected chi connectivity index (χ4v) is 1.17. The summed E-state index contributed by atoms with van der Waals surface area (Å²) >= 11 is 5.72. The molecule has 76 valence electrons. The smallest absolute Gasteiger partial charge is 0.330 e. The molecule has 0 aromatic heterocycles. The lowest BCUT2D eigenvalue weighted by atomic mass is 10.1. The van der Waals surface area contributed by atoms with Crippen LogP contribution in [0.4, 0.5) is 0 Å². The van der Waals surface area contributed by atoms with E-state index >= 15 is 0 Å². The van der Waals surface area contributed by atoms with E-state index in [-0.39, 0.29) is 0 Å². The highest BCUT2D eigenvalue weighted by Gasteiger charge is 2.00. The van der Waals surface area contributed by atoms with Crippen molar-refractivity contribution in [1.82, 2.24) is 0 Å². The molecule has 0 radical (unpaired) electrons. The lowest BCUT2D eigenvalue weighted by molar-refractivity contribution is -0.134. The van der Waals surface area contributed by atoms with E-state index < -0.39 is 5.97 Å². The third kappa shape index (κ3) is 3.12. The van der Waals surface area contributed by atoms with E-state index in [0.717, 1.165) is 0 Å². The molecule has 0 saturated heterocycles. The molecule has 3 nitrogen and oxygen atoms in total. The second-order valence-electron chi connectivity index (χ2n) is 2.70. The minimum atomic E-state index is -0.464. The molecule has 0 N–H and O–H groups in total. The van der Waals surface area contributed by atoms with Gasteiger partial charge in [-0.15, -0.1) is 0 Å². The first-order valence-corrected chi connectivity index (χ1v) is 4.51. The van der Waals surface area contributed by atoms with Crippen LogP contribution in [0, 0.1) is 11.3 Å². The SMILES string of the molecule is COC(=O)C=Cc1ccc(Cl)cc1C#N. The molecule has 0 fully saturated rings. The zero-order valence-electron chi connectivity index (χ0n) is 8.03. The van der Waals surface area contributed by atoms with Gasteiger partial charge in [-0.1, -0.05) is 17.7 Å². The number of rotatable bonds is 2. The molecule has 4 heteroatoms. The summed E-state index contributed by atoms with van der Waals surface area (Å²) in [6.45, 7) is 0. The van der Waals surface area contributed by atoms with Crippen LogP contribution >= 0.6 is 11.6 Å². The van der Waals surface area contributed by atoms with Crippen LogP contribution in [0.1, 0.15) is 11.1 Å². The Morgan fingerprint density at radius 1 is 1.60 bits per heavy atom. The first-order valence-electron chi connectivity index (χ1n) is 4.13. The van der Waals surface area contributed by atoms with Gasteiger partial charge >= 0.3 is 5.97 Å². The summed E-state index contributed by atoms with van der Waals surface area (Å²) in [5.74, 6) is -0.464. The Morgan fingerprint density at radius 2 is 2.33 bits per heavy atom. The van der Waals surface area contributed by atoms with Crippen molar-refractivity contribution in [2.75, 3.05) is 7.11 Å². The van der Waals surface area contributed by atoms with Crippen LogP contribution in [0.5, 0.6) is 0 Å². The van der Waals surface area contributed by atoms with Crippen molar-refractivity contribution in [3.8, 4) is 6.07 Å². The Morgan fingerprint density at radius 3 is 2.93 bits per heavy atom. The van der Waals surface area contributed by atoms with Crippen molar-refractivity contribution < 1.29 is 9.53 Å². The maximum Gasteiger partial charge on any atom is 0.330 e. The van der Waals surface area contributed by atoms with Crippen LogP contribution in [0.25, 0.3) is 6.08 Å². The zero-order valence-corrected chi connectivity index (χ0v) is 8.78. The molecule has 1 rings (SSSR count). The van der Waals surface area contributed by atoms with Crippen LogP contribution in [-0.4, -0.2) is 13.1 Å². The number of nitriles is 1. The van der Waals surface area contributed by atoms with E-state index in [2.05, 4.69) is 4.74 Å². The van der Waals surface area contributed by atoms with Crippen molar-refractivity contribution in [2.24, 2.45) is 0 Å². The highest BCUT2D eigenvalue weighted by Crippen LogP contribution is 2.16. The van der Waals surface area contributed by atoms with Crippen LogP contribution < -0.4 is 0 Å². The van der Waals surface area contributed by atoms with Crippen LogP contribution in [0.2, 0.25) is 5.02 Å². The fourth-order valence-electron chi connectivity index (χ4n) is 0.997. The van der Waals surface area contributed by atoms with E-state index in [0.29, 0.717) is 16.1 Å². The lowest BCUT2D eigenvalue weighted by Gasteiger charge is -1.97. The molecule has 1 aromatic carbocycles. The molecule has 1 aromatic rings. The molecule has 0 aliphatic carbocycles. The number of halogens is 1. The molecule has 15 heavy (non-hydrogen) atoms. The Balaban J connectivity index is 3.01. The number of hydrogen-bond donors (Lipinski definition) is 0. The fraction of sp³-hybridized carbons (Fsp3) is 0.0909. The molecule has 0 aliphatic heterocycles. The minimum absolute atomic E-state index is 0.419. The Bertz CT molecular complexity index is 446. The van der Waals surface area contributed by atoms with Gasteiger partial charge in [0.1, 0.15) is 0 Å². The second-order valence-corrected chi connectivity index (χ2v) is 3.14. The van der Waals surface area contributed by atoms with Gasteiger partial charge in [0, 0.05) is 11.1 Å². The minimum Gasteiger partial charge on any atom is -0.466 e. The van der Waals surface area contributed by atoms with E-state index in [4.69, 9.17) is 16.9 Å². The summed E-state index contributed by atoms with van der Waals surface area (Å²) in [6.07, 6.45) is 2.77. The molecule has 0 atom stereocenters. The summed E-state index contributed by atoms with van der Waals surface area (Å²) in [7, 11) is 1.29. The van der Waals surface area contributed by atoms with Gasteiger partial charge in [0.2, 0.25) is 0 Å². The monoisotopic (exact) mass is 221 g/mol. The van der Waals surface area contributed by atoms with Crippen molar-refractivity contribution in [1.29, 1.82) is 5.26 Å². The Hall–Kier alpha value is -1.79. The summed E-state index contributed by atoms with van der Waals surface area (Å²) in [6, 6.07) is 6.85. The van der Waals surface area contributed by atoms with E-state index in [9.17, 15) is 4.79 Å². The highest BCUT2D eigenvalue weighted by molar-refractivity contribution is 6.30. The molecule has 0 unspecified atom stereocenters. The normalized spacial score (nSPS) is 9.93. The Labute approximate surface area is 92.5 Å². The molecular formula is C11H8ClNO2. The van der Waals surface area contributed by atoms with Gasteiger partial charge in [-0.05, 0) is 23.8 Å². The first kappa shape index (κ1) is 11.3. The predicted octanol–water partition coefficient (Wildman–Crippen LogP) is 2.40. The van der Waals surface area contributed by atoms with Gasteiger partial charge in [-0.25, -0.2) is 4.79 Å². The zero-order chi connectivity index (χ0) is 11.3. The van der Waals surface area contributed by atoms with Crippen molar-refractivity contribution in [2.45, 2.75) is 0 Å². The lowest BCUT2D eigenvalue weighted by Crippen LogP contribution is -1.93. The number of nitrogens with zero attached hydrogens (tertiary/aromatic N) is 1. The quantitative estimate of drug-likeness (QED) is 0.569. The maximum absolute atomic E-state index is 10.8. The van der Waals surface area contributed by atoms with Gasteiger partial charge in [0.25, 0.3) is 0 Å². The number of esters is 1. The molecule has 0 heterocycles. The third-order valence-electron chi connectivity index (χ3n) is 1.74. The van der Waals surface area contributed by atoms with Gasteiger partial charge in [0.15, 0.2) is 0 Å². The van der Waals surface area contributed by atoms with Gasteiger partial charge in [-0.3, -0.25) is 0 Å². The second kappa shape index (κ2) is 5.18. The number of ether oxygens (including phenoxy) is 1. The van der Waals surface area contributed by atoms with Crippen molar-refractivity contribution in [3.63, 3.8) is 0 Å². The molecule has 0 saturated carbocycles. The molecule has 0 amide bonds. The first-order chi connectivity index (χ1) is 7.17. The van der Waals surface area contributed by atoms with Crippen LogP contribution in [0.3, 0.4) is 0 Å². The van der Waals surface area contributed by atoms with Gasteiger partial charge in [-0.2, -0.15) is 5.26 Å². The standard InChI is InChI=1S/C11H8ClNO2/c1-15-11(14)5-3-8-2-4-10(12)6-9(8)7-13/h2-6H,1H3. The number of carbonyl (C=O) groups is 1. The number of benzene rings is 1. The maximum atomic E-state index is 10.8. The largest absolute Gasteiger partial charge is 0.466 e. The van der Waals surface area contributed by atoms with Crippen LogP contribution in [0.15, 0.2) is 24.3 Å². The van der Waals surface area contributed by atoms with E-state index in [1.165, 1.54) is 19.3 Å². The van der Waals surface area contributed by atoms with Crippen molar-refractivity contribution in [3.05, 3.63) is 40.4 Å². The molecule has 0 aliphatic rings. The van der Waals surface area contributed by atoms with Crippen LogP contribution in [-0.2, 0) is 9.53 Å². The van der Waals surface area contributed by atoms with E-state index in [1.54, 1.807) is 18.2 Å². The summed E-state index contributed by atoms with van der Waals surface area (Å²) in [4.78, 5) is 10.8. The van der Waals surface area contributed by atoms with E-state index in [1.807, 2.05) is 6.07 Å². The molecule has 0 bridgehead atoms. The summed E-state index contributed by atoms with van der Waals surface area (Å²) in [5, 5.41) is 9.29. The van der Waals surface area contributed by atoms with Gasteiger partial charge in [0.05, 0.1) is 18.7 Å². The summed E-state index contributed by atoms with van der Waals surface area (Å²) < 4.78 is 4.43. The number of hydrogen-bond acceptors (Lipinski definition) is 3. The van der Waals surface area contributed by atoms with Crippen molar-refractivity contribution >= 4 is 23.6 Å². The highest BCUT2D eigenvalue weighted by atomic mass is 35.5. The van der Waals surface area contributed by atoms with Gasteiger partial charge < -0.3 is 4.74 Å². The third-order valence-corrected chi connectivity index (χ3v) is 1.97. The molecule has 0 spiro atoms. The topological polar surface area (TPSA) is 50.1 Å². The average molecular weight is 222 g/mol. The Kier molecular flexibility index (Phi) is 3.90. The molecular weight excluding hydrogens is 214 g/mol. The average Bonchev–Trinajstić information content (AvgIpc) is 2.26. The summed E-state index contributed by atoms with van der Waals surface area (Å²) in [5.41, 5.74) is 1.05.